The first kappa shape index (κ1) is 12.0. The monoisotopic (exact) mass is 255 g/mol. The minimum atomic E-state index is 0.927. The number of hydrogen-bond donors (Lipinski definition) is 0. The van der Waals surface area contributed by atoms with E-state index in [9.17, 15) is 0 Å². The number of hydrogen-bond acceptors (Lipinski definition) is 4. The van der Waals surface area contributed by atoms with Gasteiger partial charge in [0.1, 0.15) is 5.75 Å². The summed E-state index contributed by atoms with van der Waals surface area (Å²) in [6.07, 6.45) is 1.34. The van der Waals surface area contributed by atoms with Crippen LogP contribution in [0.25, 0.3) is 0 Å². The predicted molar refractivity (Wildman–Crippen MR) is 74.7 cm³/mol. The van der Waals surface area contributed by atoms with Crippen molar-refractivity contribution in [1.29, 1.82) is 0 Å². The van der Waals surface area contributed by atoms with Crippen LogP contribution in [0.1, 0.15) is 6.42 Å². The molecule has 2 nitrogen and oxygen atoms in total. The third-order valence-electron chi connectivity index (χ3n) is 2.51. The van der Waals surface area contributed by atoms with Crippen molar-refractivity contribution in [1.82, 2.24) is 0 Å². The van der Waals surface area contributed by atoms with Gasteiger partial charge in [-0.2, -0.15) is 0 Å². The standard InChI is InChI=1S/C12H17NOS2/c1-14-12-5-3-11(4-6-12)13-9-15-7-2-8-16-10-13/h3-6H,2,7-10H2,1H3. The maximum atomic E-state index is 5.17. The van der Waals surface area contributed by atoms with Gasteiger partial charge in [-0.15, -0.1) is 23.5 Å². The Bertz CT molecular complexity index is 307. The molecule has 16 heavy (non-hydrogen) atoms. The topological polar surface area (TPSA) is 12.5 Å². The Morgan fingerprint density at radius 2 is 1.69 bits per heavy atom. The van der Waals surface area contributed by atoms with Crippen molar-refractivity contribution in [3.05, 3.63) is 24.3 Å². The average molecular weight is 255 g/mol. The van der Waals surface area contributed by atoms with Crippen molar-refractivity contribution in [3.63, 3.8) is 0 Å². The van der Waals surface area contributed by atoms with Crippen LogP contribution in [0.5, 0.6) is 5.75 Å². The minimum Gasteiger partial charge on any atom is -0.497 e. The van der Waals surface area contributed by atoms with Gasteiger partial charge in [0.25, 0.3) is 0 Å². The van der Waals surface area contributed by atoms with Gasteiger partial charge in [-0.1, -0.05) is 0 Å². The molecule has 0 radical (unpaired) electrons. The van der Waals surface area contributed by atoms with E-state index < -0.39 is 0 Å². The van der Waals surface area contributed by atoms with Gasteiger partial charge in [0, 0.05) is 5.69 Å². The van der Waals surface area contributed by atoms with Crippen molar-refractivity contribution in [2.45, 2.75) is 6.42 Å². The Morgan fingerprint density at radius 3 is 2.25 bits per heavy atom. The maximum Gasteiger partial charge on any atom is 0.119 e. The third kappa shape index (κ3) is 3.25. The van der Waals surface area contributed by atoms with Gasteiger partial charge in [-0.3, -0.25) is 0 Å². The molecule has 1 aromatic rings. The number of anilines is 1. The SMILES string of the molecule is COc1ccc(N2CSCCCSC2)cc1. The fraction of sp³-hybridized carbons (Fsp3) is 0.500. The van der Waals surface area contributed by atoms with Crippen molar-refractivity contribution in [2.75, 3.05) is 35.3 Å². The lowest BCUT2D eigenvalue weighted by molar-refractivity contribution is 0.415. The number of thioether (sulfide) groups is 2. The Balaban J connectivity index is 2.02. The molecule has 88 valence electrons. The van der Waals surface area contributed by atoms with Crippen LogP contribution in [0.4, 0.5) is 5.69 Å². The summed E-state index contributed by atoms with van der Waals surface area (Å²) in [4.78, 5) is 2.42. The van der Waals surface area contributed by atoms with Gasteiger partial charge in [0.2, 0.25) is 0 Å². The molecule has 1 aromatic carbocycles. The molecule has 0 unspecified atom stereocenters. The average Bonchev–Trinajstić information content (AvgIpc) is 2.29. The number of nitrogens with zero attached hydrogens (tertiary/aromatic N) is 1. The highest BCUT2D eigenvalue weighted by Crippen LogP contribution is 2.25. The lowest BCUT2D eigenvalue weighted by Crippen LogP contribution is -2.23. The molecule has 0 aromatic heterocycles. The van der Waals surface area contributed by atoms with Crippen LogP contribution in [0.15, 0.2) is 24.3 Å². The predicted octanol–water partition coefficient (Wildman–Crippen LogP) is 3.29. The van der Waals surface area contributed by atoms with Gasteiger partial charge in [-0.05, 0) is 42.2 Å². The molecule has 0 aliphatic carbocycles. The first-order valence-electron chi connectivity index (χ1n) is 5.44. The van der Waals surface area contributed by atoms with Crippen molar-refractivity contribution in [3.8, 4) is 5.75 Å². The van der Waals surface area contributed by atoms with E-state index in [1.807, 2.05) is 35.7 Å². The summed E-state index contributed by atoms with van der Waals surface area (Å²) >= 11 is 4.05. The Labute approximate surface area is 106 Å². The number of benzene rings is 1. The van der Waals surface area contributed by atoms with E-state index in [4.69, 9.17) is 4.74 Å². The zero-order valence-corrected chi connectivity index (χ0v) is 11.1. The summed E-state index contributed by atoms with van der Waals surface area (Å²) in [6.45, 7) is 0. The van der Waals surface area contributed by atoms with Crippen LogP contribution in [-0.2, 0) is 0 Å². The molecular formula is C12H17NOS2. The normalized spacial score (nSPS) is 17.7. The number of methoxy groups -OCH3 is 1. The van der Waals surface area contributed by atoms with E-state index in [1.165, 1.54) is 23.6 Å². The molecule has 0 N–H and O–H groups in total. The van der Waals surface area contributed by atoms with Gasteiger partial charge in [0.15, 0.2) is 0 Å². The molecule has 0 atom stereocenters. The van der Waals surface area contributed by atoms with Crippen LogP contribution in [0.3, 0.4) is 0 Å². The molecule has 0 saturated carbocycles. The van der Waals surface area contributed by atoms with E-state index >= 15 is 0 Å². The second kappa shape index (κ2) is 6.30. The fourth-order valence-corrected chi connectivity index (χ4v) is 3.77. The van der Waals surface area contributed by atoms with E-state index in [-0.39, 0.29) is 0 Å². The molecule has 1 aliphatic rings. The molecule has 0 amide bonds. The van der Waals surface area contributed by atoms with Crippen LogP contribution in [0.2, 0.25) is 0 Å². The largest absolute Gasteiger partial charge is 0.497 e. The van der Waals surface area contributed by atoms with Crippen LogP contribution >= 0.6 is 23.5 Å². The molecule has 1 saturated heterocycles. The van der Waals surface area contributed by atoms with E-state index in [1.54, 1.807) is 7.11 Å². The molecule has 2 rings (SSSR count). The number of ether oxygens (including phenoxy) is 1. The van der Waals surface area contributed by atoms with Gasteiger partial charge in [-0.25, -0.2) is 0 Å². The highest BCUT2D eigenvalue weighted by Gasteiger charge is 2.09. The first-order chi connectivity index (χ1) is 7.90. The van der Waals surface area contributed by atoms with E-state index in [0.29, 0.717) is 0 Å². The maximum absolute atomic E-state index is 5.17. The fourth-order valence-electron chi connectivity index (χ4n) is 1.59. The Hall–Kier alpha value is -0.480. The molecule has 4 heteroatoms. The molecule has 1 heterocycles. The summed E-state index contributed by atoms with van der Waals surface area (Å²) in [7, 11) is 1.71. The summed E-state index contributed by atoms with van der Waals surface area (Å²) < 4.78 is 5.17. The quantitative estimate of drug-likeness (QED) is 0.803. The Morgan fingerprint density at radius 1 is 1.06 bits per heavy atom. The molecule has 0 bridgehead atoms. The Kier molecular flexibility index (Phi) is 4.72. The summed E-state index contributed by atoms with van der Waals surface area (Å²) in [5.74, 6) is 5.67. The number of rotatable bonds is 2. The molecular weight excluding hydrogens is 238 g/mol. The third-order valence-corrected chi connectivity index (χ3v) is 4.65. The zero-order chi connectivity index (χ0) is 11.2. The lowest BCUT2D eigenvalue weighted by atomic mass is 10.3. The summed E-state index contributed by atoms with van der Waals surface area (Å²) in [6, 6.07) is 8.34. The van der Waals surface area contributed by atoms with Crippen molar-refractivity contribution in [2.24, 2.45) is 0 Å². The van der Waals surface area contributed by atoms with Gasteiger partial charge in [0.05, 0.1) is 18.9 Å². The second-order valence-electron chi connectivity index (χ2n) is 3.67. The van der Waals surface area contributed by atoms with Gasteiger partial charge < -0.3 is 9.64 Å². The molecule has 1 aliphatic heterocycles. The van der Waals surface area contributed by atoms with Gasteiger partial charge >= 0.3 is 0 Å². The van der Waals surface area contributed by atoms with Crippen LogP contribution in [-0.4, -0.2) is 30.4 Å². The highest BCUT2D eigenvalue weighted by atomic mass is 32.2. The zero-order valence-electron chi connectivity index (χ0n) is 9.52. The summed E-state index contributed by atoms with van der Waals surface area (Å²) in [5.41, 5.74) is 1.29. The van der Waals surface area contributed by atoms with E-state index in [0.717, 1.165) is 17.5 Å². The van der Waals surface area contributed by atoms with Crippen molar-refractivity contribution >= 4 is 29.2 Å². The van der Waals surface area contributed by atoms with Crippen molar-refractivity contribution < 1.29 is 4.74 Å². The van der Waals surface area contributed by atoms with Crippen LogP contribution in [0, 0.1) is 0 Å². The van der Waals surface area contributed by atoms with E-state index in [2.05, 4.69) is 17.0 Å². The van der Waals surface area contributed by atoms with Crippen LogP contribution < -0.4 is 9.64 Å². The first-order valence-corrected chi connectivity index (χ1v) is 7.75. The smallest absolute Gasteiger partial charge is 0.119 e. The minimum absolute atomic E-state index is 0.927. The molecule has 1 fully saturated rings. The highest BCUT2D eigenvalue weighted by molar-refractivity contribution is 8.00. The lowest BCUT2D eigenvalue weighted by Gasteiger charge is -2.26. The second-order valence-corrected chi connectivity index (χ2v) is 5.82. The molecule has 0 spiro atoms. The summed E-state index contributed by atoms with van der Waals surface area (Å²) in [5, 5.41) is 0.